The van der Waals surface area contributed by atoms with Gasteiger partial charge < -0.3 is 14.6 Å². The van der Waals surface area contributed by atoms with Crippen LogP contribution >= 0.6 is 0 Å². The van der Waals surface area contributed by atoms with E-state index in [4.69, 9.17) is 4.74 Å². The summed E-state index contributed by atoms with van der Waals surface area (Å²) in [6.07, 6.45) is -1.09. The molecule has 1 aromatic carbocycles. The maximum Gasteiger partial charge on any atom is 0.302 e. The van der Waals surface area contributed by atoms with Crippen LogP contribution in [0.5, 0.6) is 5.75 Å². The summed E-state index contributed by atoms with van der Waals surface area (Å²) >= 11 is 0. The monoisotopic (exact) mass is 260 g/mol. The second-order valence-electron chi connectivity index (χ2n) is 3.54. The molecule has 0 bridgehead atoms. The molecule has 1 rings (SSSR count). The Morgan fingerprint density at radius 3 is 2.67 bits per heavy atom. The highest BCUT2D eigenvalue weighted by atomic mass is 19.1. The standard InChI is InChI=1S/C12H14F2O4/c1-3-17-10(6-18-7(2)15)11-8(13)4-5-9(16)12(11)14/h4-5,10,16H,3,6H2,1-2H3. The van der Waals surface area contributed by atoms with Gasteiger partial charge in [0.05, 0.1) is 5.56 Å². The van der Waals surface area contributed by atoms with Crippen LogP contribution in [0.2, 0.25) is 0 Å². The number of hydrogen-bond acceptors (Lipinski definition) is 4. The summed E-state index contributed by atoms with van der Waals surface area (Å²) in [5, 5.41) is 9.21. The molecule has 18 heavy (non-hydrogen) atoms. The summed E-state index contributed by atoms with van der Waals surface area (Å²) in [4.78, 5) is 10.7. The van der Waals surface area contributed by atoms with E-state index in [9.17, 15) is 18.7 Å². The molecule has 0 aliphatic heterocycles. The molecule has 0 amide bonds. The van der Waals surface area contributed by atoms with Crippen molar-refractivity contribution in [2.24, 2.45) is 0 Å². The third kappa shape index (κ3) is 3.40. The van der Waals surface area contributed by atoms with Gasteiger partial charge in [0.15, 0.2) is 11.6 Å². The van der Waals surface area contributed by atoms with Gasteiger partial charge in [-0.05, 0) is 19.1 Å². The number of benzene rings is 1. The molecule has 1 N–H and O–H groups in total. The van der Waals surface area contributed by atoms with E-state index in [1.165, 1.54) is 6.92 Å². The number of esters is 1. The van der Waals surface area contributed by atoms with Crippen LogP contribution in [0, 0.1) is 11.6 Å². The van der Waals surface area contributed by atoms with Crippen LogP contribution in [0.25, 0.3) is 0 Å². The number of phenolic OH excluding ortho intramolecular Hbond substituents is 1. The minimum atomic E-state index is -1.11. The Morgan fingerprint density at radius 1 is 1.44 bits per heavy atom. The first kappa shape index (κ1) is 14.4. The number of hydrogen-bond donors (Lipinski definition) is 1. The van der Waals surface area contributed by atoms with Crippen LogP contribution in [0.15, 0.2) is 12.1 Å². The quantitative estimate of drug-likeness (QED) is 0.825. The molecule has 0 saturated carbocycles. The van der Waals surface area contributed by atoms with E-state index in [-0.39, 0.29) is 13.2 Å². The maximum absolute atomic E-state index is 13.6. The predicted octanol–water partition coefficient (Wildman–Crippen LogP) is 2.31. The number of carbonyl (C=O) groups excluding carboxylic acids is 1. The molecule has 100 valence electrons. The van der Waals surface area contributed by atoms with Crippen LogP contribution in [0.3, 0.4) is 0 Å². The van der Waals surface area contributed by atoms with Crippen molar-refractivity contribution in [1.29, 1.82) is 0 Å². The Hall–Kier alpha value is -1.69. The average molecular weight is 260 g/mol. The van der Waals surface area contributed by atoms with Crippen LogP contribution in [-0.4, -0.2) is 24.3 Å². The Morgan fingerprint density at radius 2 is 2.11 bits per heavy atom. The SMILES string of the molecule is CCOC(COC(C)=O)c1c(F)ccc(O)c1F. The number of ether oxygens (including phenoxy) is 2. The highest BCUT2D eigenvalue weighted by molar-refractivity contribution is 5.65. The first-order chi connectivity index (χ1) is 8.47. The molecule has 0 spiro atoms. The van der Waals surface area contributed by atoms with Gasteiger partial charge in [0.2, 0.25) is 0 Å². The van der Waals surface area contributed by atoms with Crippen molar-refractivity contribution >= 4 is 5.97 Å². The van der Waals surface area contributed by atoms with Gasteiger partial charge in [-0.25, -0.2) is 8.78 Å². The van der Waals surface area contributed by atoms with E-state index in [1.54, 1.807) is 6.92 Å². The van der Waals surface area contributed by atoms with E-state index in [2.05, 4.69) is 4.74 Å². The number of phenols is 1. The lowest BCUT2D eigenvalue weighted by Gasteiger charge is -2.18. The van der Waals surface area contributed by atoms with Crippen LogP contribution < -0.4 is 0 Å². The van der Waals surface area contributed by atoms with Crippen LogP contribution in [0.1, 0.15) is 25.5 Å². The lowest BCUT2D eigenvalue weighted by atomic mass is 10.1. The molecule has 0 aliphatic rings. The number of aromatic hydroxyl groups is 1. The summed E-state index contributed by atoms with van der Waals surface area (Å²) in [7, 11) is 0. The van der Waals surface area contributed by atoms with Crippen LogP contribution in [0.4, 0.5) is 8.78 Å². The van der Waals surface area contributed by atoms with E-state index >= 15 is 0 Å². The van der Waals surface area contributed by atoms with Crippen molar-refractivity contribution in [3.63, 3.8) is 0 Å². The van der Waals surface area contributed by atoms with E-state index in [0.717, 1.165) is 12.1 Å². The molecule has 0 heterocycles. The second-order valence-corrected chi connectivity index (χ2v) is 3.54. The average Bonchev–Trinajstić information content (AvgIpc) is 2.31. The summed E-state index contributed by atoms with van der Waals surface area (Å²) in [5.74, 6) is -3.24. The molecule has 1 atom stereocenters. The zero-order chi connectivity index (χ0) is 13.7. The minimum Gasteiger partial charge on any atom is -0.505 e. The Bertz CT molecular complexity index is 434. The van der Waals surface area contributed by atoms with E-state index < -0.39 is 35.0 Å². The van der Waals surface area contributed by atoms with Crippen molar-refractivity contribution in [2.45, 2.75) is 20.0 Å². The number of carbonyl (C=O) groups is 1. The Kier molecular flexibility index (Phi) is 5.03. The highest BCUT2D eigenvalue weighted by Gasteiger charge is 2.24. The van der Waals surface area contributed by atoms with Crippen molar-refractivity contribution < 1.29 is 28.2 Å². The highest BCUT2D eigenvalue weighted by Crippen LogP contribution is 2.29. The van der Waals surface area contributed by atoms with Crippen molar-refractivity contribution in [1.82, 2.24) is 0 Å². The fourth-order valence-corrected chi connectivity index (χ4v) is 1.46. The predicted molar refractivity (Wildman–Crippen MR) is 59.0 cm³/mol. The molecular formula is C12H14F2O4. The molecule has 6 heteroatoms. The van der Waals surface area contributed by atoms with Gasteiger partial charge >= 0.3 is 5.97 Å². The van der Waals surface area contributed by atoms with E-state index in [0.29, 0.717) is 0 Å². The van der Waals surface area contributed by atoms with Gasteiger partial charge in [0.25, 0.3) is 0 Å². The number of rotatable bonds is 5. The first-order valence-electron chi connectivity index (χ1n) is 5.39. The third-order valence-corrected chi connectivity index (χ3v) is 2.23. The Labute approximate surface area is 103 Å². The van der Waals surface area contributed by atoms with Crippen molar-refractivity contribution in [3.05, 3.63) is 29.3 Å². The molecule has 0 saturated heterocycles. The second kappa shape index (κ2) is 6.30. The lowest BCUT2D eigenvalue weighted by Crippen LogP contribution is -2.17. The van der Waals surface area contributed by atoms with Crippen molar-refractivity contribution in [3.8, 4) is 5.75 Å². The van der Waals surface area contributed by atoms with Crippen LogP contribution in [-0.2, 0) is 14.3 Å². The van der Waals surface area contributed by atoms with Gasteiger partial charge in [-0.2, -0.15) is 0 Å². The molecule has 0 aliphatic carbocycles. The first-order valence-corrected chi connectivity index (χ1v) is 5.39. The van der Waals surface area contributed by atoms with Gasteiger partial charge in [0, 0.05) is 13.5 Å². The molecular weight excluding hydrogens is 246 g/mol. The minimum absolute atomic E-state index is 0.181. The third-order valence-electron chi connectivity index (χ3n) is 2.23. The fourth-order valence-electron chi connectivity index (χ4n) is 1.46. The molecule has 0 fully saturated rings. The number of halogens is 2. The summed E-state index contributed by atoms with van der Waals surface area (Å²) < 4.78 is 37.0. The van der Waals surface area contributed by atoms with Gasteiger partial charge in [-0.3, -0.25) is 4.79 Å². The fraction of sp³-hybridized carbons (Fsp3) is 0.417. The molecule has 4 nitrogen and oxygen atoms in total. The Balaban J connectivity index is 3.04. The van der Waals surface area contributed by atoms with Gasteiger partial charge in [0.1, 0.15) is 18.5 Å². The molecule has 1 unspecified atom stereocenters. The van der Waals surface area contributed by atoms with Gasteiger partial charge in [-0.1, -0.05) is 0 Å². The summed E-state index contributed by atoms with van der Waals surface area (Å²) in [5.41, 5.74) is -0.446. The maximum atomic E-state index is 13.6. The topological polar surface area (TPSA) is 55.8 Å². The van der Waals surface area contributed by atoms with Crippen molar-refractivity contribution in [2.75, 3.05) is 13.2 Å². The summed E-state index contributed by atoms with van der Waals surface area (Å²) in [6, 6.07) is 1.83. The largest absolute Gasteiger partial charge is 0.505 e. The zero-order valence-corrected chi connectivity index (χ0v) is 10.1. The van der Waals surface area contributed by atoms with E-state index in [1.807, 2.05) is 0 Å². The summed E-state index contributed by atoms with van der Waals surface area (Å²) in [6.45, 7) is 2.68. The molecule has 1 aromatic rings. The molecule has 0 aromatic heterocycles. The zero-order valence-electron chi connectivity index (χ0n) is 10.1. The van der Waals surface area contributed by atoms with Gasteiger partial charge in [-0.15, -0.1) is 0 Å². The lowest BCUT2D eigenvalue weighted by molar-refractivity contribution is -0.145. The molecule has 0 radical (unpaired) electrons. The smallest absolute Gasteiger partial charge is 0.302 e. The normalized spacial score (nSPS) is 12.2.